The predicted octanol–water partition coefficient (Wildman–Crippen LogP) is -0.860. The zero-order valence-electron chi connectivity index (χ0n) is 11.7. The Hall–Kier alpha value is -1.83. The fourth-order valence-electron chi connectivity index (χ4n) is 3.57. The number of nitrogens with one attached hydrogen (secondary N) is 1. The molecular formula is C15H17NO6. The molecule has 1 aromatic rings. The molecule has 1 amide bonds. The van der Waals surface area contributed by atoms with Gasteiger partial charge in [-0.25, -0.2) is 0 Å². The summed E-state index contributed by atoms with van der Waals surface area (Å²) in [5.74, 6) is 0.483. The number of benzene rings is 1. The van der Waals surface area contributed by atoms with Crippen LogP contribution in [0.15, 0.2) is 12.1 Å². The van der Waals surface area contributed by atoms with E-state index in [2.05, 4.69) is 5.32 Å². The summed E-state index contributed by atoms with van der Waals surface area (Å²) in [5.41, 5.74) is 1.17. The van der Waals surface area contributed by atoms with Crippen molar-refractivity contribution in [2.45, 2.75) is 36.7 Å². The van der Waals surface area contributed by atoms with Crippen LogP contribution in [-0.2, 0) is 0 Å². The minimum absolute atomic E-state index is 0.260. The molecule has 0 spiro atoms. The topological polar surface area (TPSA) is 108 Å². The van der Waals surface area contributed by atoms with Crippen LogP contribution in [0.3, 0.4) is 0 Å². The maximum Gasteiger partial charge on any atom is 0.252 e. The summed E-state index contributed by atoms with van der Waals surface area (Å²) in [7, 11) is 0. The number of amides is 1. The minimum Gasteiger partial charge on any atom is -0.486 e. The van der Waals surface area contributed by atoms with Gasteiger partial charge in [0.25, 0.3) is 5.91 Å². The number of aliphatic hydroxyl groups excluding tert-OH is 3. The van der Waals surface area contributed by atoms with Crippen molar-refractivity contribution in [3.05, 3.63) is 23.3 Å². The van der Waals surface area contributed by atoms with Crippen LogP contribution >= 0.6 is 0 Å². The third-order valence-corrected chi connectivity index (χ3v) is 4.70. The van der Waals surface area contributed by atoms with E-state index in [0.717, 1.165) is 0 Å². The lowest BCUT2D eigenvalue weighted by Crippen LogP contribution is -2.61. The summed E-state index contributed by atoms with van der Waals surface area (Å²) < 4.78 is 11.0. The molecule has 3 aliphatic rings. The Morgan fingerprint density at radius 1 is 1.05 bits per heavy atom. The zero-order valence-corrected chi connectivity index (χ0v) is 11.7. The molecule has 5 atom stereocenters. The second-order valence-corrected chi connectivity index (χ2v) is 5.97. The highest BCUT2D eigenvalue weighted by molar-refractivity contribution is 5.98. The van der Waals surface area contributed by atoms with Gasteiger partial charge in [-0.1, -0.05) is 0 Å². The van der Waals surface area contributed by atoms with Gasteiger partial charge in [-0.15, -0.1) is 0 Å². The fraction of sp³-hybridized carbons (Fsp3) is 0.533. The van der Waals surface area contributed by atoms with Gasteiger partial charge in [0.1, 0.15) is 25.4 Å². The molecule has 0 aromatic heterocycles. The largest absolute Gasteiger partial charge is 0.486 e. The highest BCUT2D eigenvalue weighted by Gasteiger charge is 2.47. The minimum atomic E-state index is -1.26. The molecule has 118 valence electrons. The summed E-state index contributed by atoms with van der Waals surface area (Å²) in [6.07, 6.45) is -3.25. The van der Waals surface area contributed by atoms with E-state index in [0.29, 0.717) is 35.8 Å². The number of ether oxygens (including phenoxy) is 2. The highest BCUT2D eigenvalue weighted by Crippen LogP contribution is 2.43. The van der Waals surface area contributed by atoms with Crippen LogP contribution in [0.25, 0.3) is 0 Å². The molecule has 5 unspecified atom stereocenters. The lowest BCUT2D eigenvalue weighted by atomic mass is 9.72. The Labute approximate surface area is 126 Å². The molecule has 7 heteroatoms. The Morgan fingerprint density at radius 3 is 2.45 bits per heavy atom. The van der Waals surface area contributed by atoms with E-state index in [1.807, 2.05) is 0 Å². The molecule has 22 heavy (non-hydrogen) atoms. The van der Waals surface area contributed by atoms with Crippen LogP contribution in [0.1, 0.15) is 28.3 Å². The van der Waals surface area contributed by atoms with Crippen molar-refractivity contribution in [1.82, 2.24) is 5.32 Å². The van der Waals surface area contributed by atoms with Gasteiger partial charge in [0.15, 0.2) is 11.5 Å². The van der Waals surface area contributed by atoms with Crippen LogP contribution in [0.2, 0.25) is 0 Å². The molecule has 0 bridgehead atoms. The number of hydrogen-bond donors (Lipinski definition) is 4. The average molecular weight is 307 g/mol. The summed E-state index contributed by atoms with van der Waals surface area (Å²) in [5, 5.41) is 32.6. The maximum absolute atomic E-state index is 12.3. The van der Waals surface area contributed by atoms with Crippen molar-refractivity contribution in [3.63, 3.8) is 0 Å². The zero-order chi connectivity index (χ0) is 15.4. The quantitative estimate of drug-likeness (QED) is 0.497. The Bertz CT molecular complexity index is 633. The number of hydrogen-bond acceptors (Lipinski definition) is 6. The second kappa shape index (κ2) is 4.84. The molecule has 0 radical (unpaired) electrons. The Balaban J connectivity index is 1.80. The Morgan fingerprint density at radius 2 is 1.73 bits per heavy atom. The summed E-state index contributed by atoms with van der Waals surface area (Å²) in [6, 6.07) is 2.76. The van der Waals surface area contributed by atoms with Gasteiger partial charge in [-0.05, 0) is 24.1 Å². The van der Waals surface area contributed by atoms with Crippen molar-refractivity contribution in [2.24, 2.45) is 0 Å². The molecule has 7 nitrogen and oxygen atoms in total. The molecule has 1 fully saturated rings. The van der Waals surface area contributed by atoms with Crippen molar-refractivity contribution in [1.29, 1.82) is 0 Å². The van der Waals surface area contributed by atoms with Gasteiger partial charge in [0.05, 0.1) is 12.1 Å². The number of fused-ring (bicyclic) bond motifs is 4. The van der Waals surface area contributed by atoms with Gasteiger partial charge in [0, 0.05) is 11.5 Å². The predicted molar refractivity (Wildman–Crippen MR) is 74.1 cm³/mol. The van der Waals surface area contributed by atoms with Crippen LogP contribution in [0, 0.1) is 0 Å². The van der Waals surface area contributed by atoms with E-state index in [1.54, 1.807) is 12.1 Å². The maximum atomic E-state index is 12.3. The SMILES string of the molecule is O=C1NC2C(CC(O)C(O)C2O)c2cc3c(cc21)OCCO3. The smallest absolute Gasteiger partial charge is 0.252 e. The van der Waals surface area contributed by atoms with Crippen molar-refractivity contribution in [2.75, 3.05) is 13.2 Å². The van der Waals surface area contributed by atoms with Gasteiger partial charge < -0.3 is 30.1 Å². The standard InChI is InChI=1S/C15H17NO6/c17-9-3-7-6-4-10-11(22-2-1-21-10)5-8(6)15(20)16-12(7)14(19)13(9)18/h4-5,7,9,12-14,17-19H,1-3H2,(H,16,20). The molecule has 1 aliphatic carbocycles. The first kappa shape index (κ1) is 13.8. The van der Waals surface area contributed by atoms with Crippen LogP contribution in [0.5, 0.6) is 11.5 Å². The first-order valence-electron chi connectivity index (χ1n) is 7.35. The third-order valence-electron chi connectivity index (χ3n) is 4.70. The summed E-state index contributed by atoms with van der Waals surface area (Å²) in [6.45, 7) is 0.874. The number of carbonyl (C=O) groups is 1. The summed E-state index contributed by atoms with van der Waals surface area (Å²) >= 11 is 0. The molecule has 4 N–H and O–H groups in total. The van der Waals surface area contributed by atoms with Gasteiger partial charge in [0.2, 0.25) is 0 Å². The number of rotatable bonds is 0. The van der Waals surface area contributed by atoms with E-state index in [1.165, 1.54) is 0 Å². The van der Waals surface area contributed by atoms with E-state index in [9.17, 15) is 20.1 Å². The lowest BCUT2D eigenvalue weighted by molar-refractivity contribution is -0.104. The molecule has 1 saturated carbocycles. The first-order valence-corrected chi connectivity index (χ1v) is 7.35. The third kappa shape index (κ3) is 1.89. The average Bonchev–Trinajstić information content (AvgIpc) is 2.53. The van der Waals surface area contributed by atoms with E-state index >= 15 is 0 Å². The molecule has 2 aliphatic heterocycles. The highest BCUT2D eigenvalue weighted by atomic mass is 16.6. The van der Waals surface area contributed by atoms with E-state index in [4.69, 9.17) is 9.47 Å². The molecular weight excluding hydrogens is 290 g/mol. The normalized spacial score (nSPS) is 36.1. The van der Waals surface area contributed by atoms with Gasteiger partial charge in [-0.3, -0.25) is 4.79 Å². The molecule has 0 saturated heterocycles. The monoisotopic (exact) mass is 307 g/mol. The van der Waals surface area contributed by atoms with Gasteiger partial charge >= 0.3 is 0 Å². The van der Waals surface area contributed by atoms with E-state index < -0.39 is 24.4 Å². The Kier molecular flexibility index (Phi) is 3.04. The van der Waals surface area contributed by atoms with Crippen LogP contribution in [0.4, 0.5) is 0 Å². The first-order chi connectivity index (χ1) is 10.6. The molecule has 4 rings (SSSR count). The van der Waals surface area contributed by atoms with Crippen LogP contribution in [-0.4, -0.2) is 58.8 Å². The molecule has 1 aromatic carbocycles. The van der Waals surface area contributed by atoms with E-state index in [-0.39, 0.29) is 18.2 Å². The van der Waals surface area contributed by atoms with Gasteiger partial charge in [-0.2, -0.15) is 0 Å². The fourth-order valence-corrected chi connectivity index (χ4v) is 3.57. The molecule has 2 heterocycles. The summed E-state index contributed by atoms with van der Waals surface area (Å²) in [4.78, 5) is 12.3. The van der Waals surface area contributed by atoms with Crippen LogP contribution < -0.4 is 14.8 Å². The van der Waals surface area contributed by atoms with Crippen molar-refractivity contribution in [3.8, 4) is 11.5 Å². The number of aliphatic hydroxyl groups is 3. The van der Waals surface area contributed by atoms with Crippen molar-refractivity contribution < 1.29 is 29.6 Å². The lowest BCUT2D eigenvalue weighted by Gasteiger charge is -2.44. The second-order valence-electron chi connectivity index (χ2n) is 5.97. The number of carbonyl (C=O) groups excluding carboxylic acids is 1. The van der Waals surface area contributed by atoms with Crippen molar-refractivity contribution >= 4 is 5.91 Å².